The van der Waals surface area contributed by atoms with Crippen LogP contribution in [0.1, 0.15) is 45.7 Å². The number of rotatable bonds is 4. The first-order valence-electron chi connectivity index (χ1n) is 13.1. The predicted molar refractivity (Wildman–Crippen MR) is 132 cm³/mol. The van der Waals surface area contributed by atoms with Gasteiger partial charge in [0.25, 0.3) is 5.91 Å². The van der Waals surface area contributed by atoms with Gasteiger partial charge in [-0.05, 0) is 56.7 Å². The number of piperazine rings is 1. The molecule has 2 amide bonds. The van der Waals surface area contributed by atoms with Crippen molar-refractivity contribution >= 4 is 17.5 Å². The van der Waals surface area contributed by atoms with E-state index in [0.29, 0.717) is 31.9 Å². The number of aliphatic hydroxyl groups is 1. The lowest BCUT2D eigenvalue weighted by molar-refractivity contribution is -0.132. The van der Waals surface area contributed by atoms with Crippen molar-refractivity contribution in [2.45, 2.75) is 52.2 Å². The zero-order chi connectivity index (χ0) is 24.3. The number of nitrogens with zero attached hydrogens (tertiary/aromatic N) is 5. The highest BCUT2D eigenvalue weighted by Gasteiger charge is 2.47. The fourth-order valence-corrected chi connectivity index (χ4v) is 6.49. The van der Waals surface area contributed by atoms with Gasteiger partial charge < -0.3 is 19.8 Å². The van der Waals surface area contributed by atoms with Crippen molar-refractivity contribution in [2.24, 2.45) is 11.8 Å². The summed E-state index contributed by atoms with van der Waals surface area (Å²) >= 11 is 0. The molecule has 8 heteroatoms. The lowest BCUT2D eigenvalue weighted by Gasteiger charge is -2.50. The summed E-state index contributed by atoms with van der Waals surface area (Å²) in [5.41, 5.74) is 6.46. The van der Waals surface area contributed by atoms with E-state index in [1.807, 2.05) is 9.80 Å². The average molecular weight is 478 g/mol. The number of hydrogen-bond acceptors (Lipinski definition) is 5. The van der Waals surface area contributed by atoms with Crippen LogP contribution in [-0.4, -0.2) is 81.9 Å². The summed E-state index contributed by atoms with van der Waals surface area (Å²) in [6.07, 6.45) is 3.48. The van der Waals surface area contributed by atoms with Crippen molar-refractivity contribution in [3.63, 3.8) is 0 Å². The minimum atomic E-state index is -0.254. The molecule has 1 N–H and O–H groups in total. The number of aromatic nitrogens is 2. The van der Waals surface area contributed by atoms with Gasteiger partial charge in [0.1, 0.15) is 6.54 Å². The van der Waals surface area contributed by atoms with E-state index in [0.717, 1.165) is 50.0 Å². The van der Waals surface area contributed by atoms with Crippen molar-refractivity contribution in [1.29, 1.82) is 0 Å². The molecule has 2 unspecified atom stereocenters. The number of benzene rings is 1. The molecule has 35 heavy (non-hydrogen) atoms. The number of amides is 2. The van der Waals surface area contributed by atoms with Gasteiger partial charge in [-0.2, -0.15) is 5.10 Å². The van der Waals surface area contributed by atoms with E-state index in [1.165, 1.54) is 16.8 Å². The Morgan fingerprint density at radius 2 is 1.77 bits per heavy atom. The molecule has 1 aromatic heterocycles. The number of aliphatic hydroxyl groups excluding tert-OH is 1. The second-order valence-corrected chi connectivity index (χ2v) is 10.8. The highest BCUT2D eigenvalue weighted by Crippen LogP contribution is 2.40. The van der Waals surface area contributed by atoms with Gasteiger partial charge >= 0.3 is 0 Å². The Morgan fingerprint density at radius 3 is 2.49 bits per heavy atom. The zero-order valence-corrected chi connectivity index (χ0v) is 20.7. The Kier molecular flexibility index (Phi) is 5.59. The van der Waals surface area contributed by atoms with Crippen LogP contribution in [0.25, 0.3) is 0 Å². The van der Waals surface area contributed by atoms with Crippen molar-refractivity contribution < 1.29 is 14.7 Å². The van der Waals surface area contributed by atoms with E-state index in [2.05, 4.69) is 42.0 Å². The maximum atomic E-state index is 13.3. The third-order valence-corrected chi connectivity index (χ3v) is 8.81. The van der Waals surface area contributed by atoms with Crippen LogP contribution in [0.15, 0.2) is 18.2 Å². The lowest BCUT2D eigenvalue weighted by atomic mass is 9.68. The van der Waals surface area contributed by atoms with E-state index in [9.17, 15) is 14.7 Å². The van der Waals surface area contributed by atoms with Crippen LogP contribution in [0.5, 0.6) is 0 Å². The first kappa shape index (κ1) is 22.6. The zero-order valence-electron chi connectivity index (χ0n) is 20.7. The summed E-state index contributed by atoms with van der Waals surface area (Å²) in [5, 5.41) is 14.8. The van der Waals surface area contributed by atoms with Crippen LogP contribution in [0, 0.1) is 25.7 Å². The number of aryl methyl sites for hydroxylation is 1. The van der Waals surface area contributed by atoms with Crippen LogP contribution in [-0.2, 0) is 24.2 Å². The Balaban J connectivity index is 1.12. The SMILES string of the molecule is Cc1cccc(N2CCN(C(=O)Cn3nc(C(=O)N4CC5CC(C4)C5O)c4c3CCC4)CC2)c1C. The molecule has 1 saturated carbocycles. The maximum absolute atomic E-state index is 13.3. The largest absolute Gasteiger partial charge is 0.392 e. The molecule has 4 heterocycles. The standard InChI is InChI=1S/C27H35N5O3/c1-17-5-3-7-22(18(17)2)29-9-11-30(12-10-29)24(33)16-32-23-8-4-6-21(23)25(28-32)27(35)31-14-19-13-20(15-31)26(19)34/h3,5,7,19-20,26,34H,4,6,8-16H2,1-2H3. The summed E-state index contributed by atoms with van der Waals surface area (Å²) < 4.78 is 1.80. The van der Waals surface area contributed by atoms with E-state index in [4.69, 9.17) is 0 Å². The maximum Gasteiger partial charge on any atom is 0.274 e. The Labute approximate surface area is 206 Å². The molecule has 0 radical (unpaired) electrons. The first-order valence-corrected chi connectivity index (χ1v) is 13.1. The molecular formula is C27H35N5O3. The van der Waals surface area contributed by atoms with Crippen LogP contribution in [0.4, 0.5) is 5.69 Å². The molecule has 2 bridgehead atoms. The third-order valence-electron chi connectivity index (χ3n) is 8.81. The first-order chi connectivity index (χ1) is 16.9. The van der Waals surface area contributed by atoms with E-state index in [-0.39, 0.29) is 36.3 Å². The molecule has 2 aliphatic carbocycles. The summed E-state index contributed by atoms with van der Waals surface area (Å²) in [7, 11) is 0. The highest BCUT2D eigenvalue weighted by atomic mass is 16.3. The number of carbonyl (C=O) groups excluding carboxylic acids is 2. The molecule has 4 fully saturated rings. The summed E-state index contributed by atoms with van der Waals surface area (Å²) in [5.74, 6) is 0.454. The second-order valence-electron chi connectivity index (χ2n) is 10.8. The predicted octanol–water partition coefficient (Wildman–Crippen LogP) is 1.79. The smallest absolute Gasteiger partial charge is 0.274 e. The molecule has 186 valence electrons. The fraction of sp³-hybridized carbons (Fsp3) is 0.593. The van der Waals surface area contributed by atoms with Crippen LogP contribution in [0.2, 0.25) is 0 Å². The fourth-order valence-electron chi connectivity index (χ4n) is 6.49. The third kappa shape index (κ3) is 3.82. The number of piperidine rings is 2. The Hall–Kier alpha value is -2.87. The van der Waals surface area contributed by atoms with Gasteiger partial charge in [0.05, 0.1) is 6.10 Å². The van der Waals surface area contributed by atoms with Crippen LogP contribution >= 0.6 is 0 Å². The molecule has 7 rings (SSSR count). The number of hydrogen-bond donors (Lipinski definition) is 1. The van der Waals surface area contributed by atoms with Crippen LogP contribution < -0.4 is 4.90 Å². The molecular weight excluding hydrogens is 442 g/mol. The van der Waals surface area contributed by atoms with Crippen molar-refractivity contribution in [3.8, 4) is 0 Å². The van der Waals surface area contributed by atoms with Gasteiger partial charge in [0.2, 0.25) is 5.91 Å². The molecule has 8 nitrogen and oxygen atoms in total. The van der Waals surface area contributed by atoms with E-state index < -0.39 is 0 Å². The summed E-state index contributed by atoms with van der Waals surface area (Å²) in [4.78, 5) is 32.7. The Morgan fingerprint density at radius 1 is 1.03 bits per heavy atom. The number of carbonyl (C=O) groups is 2. The molecule has 0 spiro atoms. The molecule has 3 aliphatic heterocycles. The van der Waals surface area contributed by atoms with Gasteiger partial charge in [-0.25, -0.2) is 0 Å². The molecule has 1 aromatic carbocycles. The molecule has 2 atom stereocenters. The average Bonchev–Trinajstić information content (AvgIpc) is 3.49. The number of anilines is 1. The molecule has 2 aromatic rings. The summed E-state index contributed by atoms with van der Waals surface area (Å²) in [6, 6.07) is 6.40. The quantitative estimate of drug-likeness (QED) is 0.726. The van der Waals surface area contributed by atoms with Gasteiger partial charge in [0.15, 0.2) is 5.69 Å². The lowest BCUT2D eigenvalue weighted by Crippen LogP contribution is -2.59. The van der Waals surface area contributed by atoms with Crippen molar-refractivity contribution in [1.82, 2.24) is 19.6 Å². The van der Waals surface area contributed by atoms with E-state index >= 15 is 0 Å². The van der Waals surface area contributed by atoms with Gasteiger partial charge in [0, 0.05) is 68.0 Å². The Bertz CT molecular complexity index is 1150. The summed E-state index contributed by atoms with van der Waals surface area (Å²) in [6.45, 7) is 8.75. The number of fused-ring (bicyclic) bond motifs is 3. The normalized spacial score (nSPS) is 25.5. The monoisotopic (exact) mass is 477 g/mol. The van der Waals surface area contributed by atoms with Crippen LogP contribution in [0.3, 0.4) is 0 Å². The highest BCUT2D eigenvalue weighted by molar-refractivity contribution is 5.94. The van der Waals surface area contributed by atoms with Crippen molar-refractivity contribution in [3.05, 3.63) is 46.3 Å². The topological polar surface area (TPSA) is 81.9 Å². The molecule has 5 aliphatic rings. The van der Waals surface area contributed by atoms with Gasteiger partial charge in [-0.15, -0.1) is 0 Å². The van der Waals surface area contributed by atoms with E-state index in [1.54, 1.807) is 4.68 Å². The second kappa shape index (κ2) is 8.66. The molecule has 3 saturated heterocycles. The van der Waals surface area contributed by atoms with Gasteiger partial charge in [-0.3, -0.25) is 14.3 Å². The van der Waals surface area contributed by atoms with Gasteiger partial charge in [-0.1, -0.05) is 12.1 Å². The minimum absolute atomic E-state index is 0.0295. The van der Waals surface area contributed by atoms with Crippen molar-refractivity contribution in [2.75, 3.05) is 44.2 Å². The minimum Gasteiger partial charge on any atom is -0.392 e.